The highest BCUT2D eigenvalue weighted by atomic mass is 35.5. The molecular formula is C30H33ClF3N3O4S. The Morgan fingerprint density at radius 2 is 1.62 bits per heavy atom. The van der Waals surface area contributed by atoms with Gasteiger partial charge < -0.3 is 10.2 Å². The number of alkyl halides is 3. The topological polar surface area (TPSA) is 86.8 Å². The average Bonchev–Trinajstić information content (AvgIpc) is 2.93. The van der Waals surface area contributed by atoms with Crippen LogP contribution in [0.15, 0.2) is 72.8 Å². The zero-order valence-corrected chi connectivity index (χ0v) is 25.1. The summed E-state index contributed by atoms with van der Waals surface area (Å²) in [7, 11) is -4.30. The summed E-state index contributed by atoms with van der Waals surface area (Å²) in [5.41, 5.74) is 0.795. The third kappa shape index (κ3) is 8.96. The van der Waals surface area contributed by atoms with E-state index in [4.69, 9.17) is 11.6 Å². The largest absolute Gasteiger partial charge is 0.416 e. The molecule has 0 aromatic heterocycles. The first-order chi connectivity index (χ1) is 19.7. The van der Waals surface area contributed by atoms with Crippen molar-refractivity contribution in [1.82, 2.24) is 10.2 Å². The molecule has 0 aliphatic carbocycles. The molecule has 0 radical (unpaired) electrons. The number of carbonyl (C=O) groups excluding carboxylic acids is 2. The highest BCUT2D eigenvalue weighted by Gasteiger charge is 2.35. The molecule has 1 N–H and O–H groups in total. The van der Waals surface area contributed by atoms with Crippen molar-refractivity contribution >= 4 is 39.1 Å². The lowest BCUT2D eigenvalue weighted by atomic mass is 10.0. The minimum Gasteiger partial charge on any atom is -0.354 e. The maximum Gasteiger partial charge on any atom is 0.416 e. The van der Waals surface area contributed by atoms with Crippen molar-refractivity contribution in [1.29, 1.82) is 0 Å². The average molecular weight is 624 g/mol. The van der Waals surface area contributed by atoms with Crippen LogP contribution in [0.2, 0.25) is 5.02 Å². The molecule has 0 fully saturated rings. The summed E-state index contributed by atoms with van der Waals surface area (Å²) >= 11 is 6.17. The molecule has 3 aromatic rings. The fraction of sp³-hybridized carbons (Fsp3) is 0.333. The lowest BCUT2D eigenvalue weighted by Gasteiger charge is -2.33. The van der Waals surface area contributed by atoms with Crippen molar-refractivity contribution in [3.8, 4) is 0 Å². The minimum atomic E-state index is -4.78. The van der Waals surface area contributed by atoms with Crippen LogP contribution in [0.1, 0.15) is 35.6 Å². The molecule has 42 heavy (non-hydrogen) atoms. The highest BCUT2D eigenvalue weighted by Crippen LogP contribution is 2.36. The van der Waals surface area contributed by atoms with Gasteiger partial charge in [-0.15, -0.1) is 0 Å². The van der Waals surface area contributed by atoms with Crippen LogP contribution in [-0.4, -0.2) is 50.5 Å². The summed E-state index contributed by atoms with van der Waals surface area (Å²) in [6.07, 6.45) is -3.23. The van der Waals surface area contributed by atoms with Gasteiger partial charge in [-0.3, -0.25) is 13.9 Å². The molecule has 7 nitrogen and oxygen atoms in total. The van der Waals surface area contributed by atoms with Gasteiger partial charge in [0, 0.05) is 19.5 Å². The molecule has 0 spiro atoms. The summed E-state index contributed by atoms with van der Waals surface area (Å²) in [5, 5.41) is 2.54. The van der Waals surface area contributed by atoms with Crippen LogP contribution < -0.4 is 9.62 Å². The van der Waals surface area contributed by atoms with Gasteiger partial charge in [0.1, 0.15) is 12.6 Å². The molecule has 0 saturated heterocycles. The first-order valence-electron chi connectivity index (χ1n) is 13.2. The molecule has 3 rings (SSSR count). The number of halogens is 4. The van der Waals surface area contributed by atoms with Gasteiger partial charge in [0.15, 0.2) is 0 Å². The molecule has 1 atom stereocenters. The number of anilines is 1. The van der Waals surface area contributed by atoms with Crippen LogP contribution in [0.4, 0.5) is 18.9 Å². The monoisotopic (exact) mass is 623 g/mol. The quantitative estimate of drug-likeness (QED) is 0.285. The van der Waals surface area contributed by atoms with Crippen LogP contribution >= 0.6 is 11.6 Å². The van der Waals surface area contributed by atoms with Crippen molar-refractivity contribution in [2.45, 2.75) is 45.5 Å². The first kappa shape index (κ1) is 32.9. The van der Waals surface area contributed by atoms with E-state index in [1.807, 2.05) is 32.0 Å². The molecule has 226 valence electrons. The van der Waals surface area contributed by atoms with Gasteiger partial charge in [-0.25, -0.2) is 8.42 Å². The Hall–Kier alpha value is -3.57. The molecular weight excluding hydrogens is 591 g/mol. The summed E-state index contributed by atoms with van der Waals surface area (Å²) < 4.78 is 66.8. The number of nitrogens with one attached hydrogen (secondary N) is 1. The number of amides is 2. The first-order valence-corrected chi connectivity index (χ1v) is 15.4. The summed E-state index contributed by atoms with van der Waals surface area (Å²) in [6, 6.07) is 17.5. The Kier molecular flexibility index (Phi) is 11.0. The molecule has 0 saturated carbocycles. The van der Waals surface area contributed by atoms with E-state index in [1.54, 1.807) is 36.4 Å². The minimum absolute atomic E-state index is 0.0515. The molecule has 0 unspecified atom stereocenters. The molecule has 0 heterocycles. The van der Waals surface area contributed by atoms with Crippen molar-refractivity contribution in [2.24, 2.45) is 0 Å². The Labute approximate surface area is 249 Å². The van der Waals surface area contributed by atoms with E-state index in [-0.39, 0.29) is 18.0 Å². The lowest BCUT2D eigenvalue weighted by molar-refractivity contribution is -0.140. The molecule has 12 heteroatoms. The Morgan fingerprint density at radius 1 is 0.976 bits per heavy atom. The second-order valence-corrected chi connectivity index (χ2v) is 12.3. The molecule has 0 aliphatic rings. The number of rotatable bonds is 12. The smallest absolute Gasteiger partial charge is 0.354 e. The van der Waals surface area contributed by atoms with E-state index in [1.165, 1.54) is 4.90 Å². The van der Waals surface area contributed by atoms with Gasteiger partial charge in [-0.05, 0) is 42.7 Å². The number of sulfonamides is 1. The fourth-order valence-electron chi connectivity index (χ4n) is 4.29. The zero-order valence-electron chi connectivity index (χ0n) is 23.5. The standard InChI is InChI=1S/C30H33ClF3N3O4S/c1-4-16-35-29(39)27(17-22-8-6-5-7-9-22)36(19-23-12-10-21(2)11-13-23)28(38)20-37(42(3,40)41)26-18-24(30(32,33)34)14-15-25(26)31/h5-15,18,27H,4,16-17,19-20H2,1-3H3,(H,35,39)/t27-/m0/s1. The summed E-state index contributed by atoms with van der Waals surface area (Å²) in [4.78, 5) is 28.8. The molecule has 0 aliphatic heterocycles. The number of benzene rings is 3. The van der Waals surface area contributed by atoms with Gasteiger partial charge >= 0.3 is 6.18 Å². The maximum atomic E-state index is 14.0. The van der Waals surface area contributed by atoms with Crippen molar-refractivity contribution in [2.75, 3.05) is 23.7 Å². The summed E-state index contributed by atoms with van der Waals surface area (Å²) in [6.45, 7) is 3.20. The predicted molar refractivity (Wildman–Crippen MR) is 158 cm³/mol. The molecule has 3 aromatic carbocycles. The van der Waals surface area contributed by atoms with Gasteiger partial charge in [-0.1, -0.05) is 78.7 Å². The number of hydrogen-bond acceptors (Lipinski definition) is 4. The third-order valence-electron chi connectivity index (χ3n) is 6.52. The van der Waals surface area contributed by atoms with Crippen molar-refractivity contribution in [3.63, 3.8) is 0 Å². The number of hydrogen-bond donors (Lipinski definition) is 1. The van der Waals surface area contributed by atoms with Crippen LogP contribution in [0.25, 0.3) is 0 Å². The second kappa shape index (κ2) is 14.1. The van der Waals surface area contributed by atoms with Crippen LogP contribution in [-0.2, 0) is 38.8 Å². The molecule has 0 bridgehead atoms. The van der Waals surface area contributed by atoms with Crippen molar-refractivity contribution < 1.29 is 31.2 Å². The van der Waals surface area contributed by atoms with Gasteiger partial charge in [0.2, 0.25) is 21.8 Å². The third-order valence-corrected chi connectivity index (χ3v) is 7.96. The number of carbonyl (C=O) groups is 2. The fourth-order valence-corrected chi connectivity index (χ4v) is 5.41. The van der Waals surface area contributed by atoms with Crippen LogP contribution in [0.5, 0.6) is 0 Å². The predicted octanol–water partition coefficient (Wildman–Crippen LogP) is 5.60. The second-order valence-electron chi connectivity index (χ2n) is 9.94. The SMILES string of the molecule is CCCNC(=O)[C@H](Cc1ccccc1)N(Cc1ccc(C)cc1)C(=O)CN(c1cc(C(F)(F)F)ccc1Cl)S(C)(=O)=O. The maximum absolute atomic E-state index is 14.0. The molecule has 2 amide bonds. The normalized spacial score (nSPS) is 12.5. The van der Waals surface area contributed by atoms with E-state index in [0.29, 0.717) is 28.9 Å². The van der Waals surface area contributed by atoms with E-state index < -0.39 is 51.9 Å². The summed E-state index contributed by atoms with van der Waals surface area (Å²) in [5.74, 6) is -1.23. The number of nitrogens with zero attached hydrogens (tertiary/aromatic N) is 2. The van der Waals surface area contributed by atoms with E-state index in [2.05, 4.69) is 5.32 Å². The van der Waals surface area contributed by atoms with E-state index >= 15 is 0 Å². The van der Waals surface area contributed by atoms with Gasteiger partial charge in [0.25, 0.3) is 0 Å². The zero-order chi connectivity index (χ0) is 31.1. The Balaban J connectivity index is 2.09. The van der Waals surface area contributed by atoms with E-state index in [0.717, 1.165) is 29.5 Å². The van der Waals surface area contributed by atoms with E-state index in [9.17, 15) is 31.2 Å². The number of aryl methyl sites for hydroxylation is 1. The Bertz CT molecular complexity index is 1480. The van der Waals surface area contributed by atoms with Gasteiger partial charge in [0.05, 0.1) is 22.5 Å². The Morgan fingerprint density at radius 3 is 2.19 bits per heavy atom. The van der Waals surface area contributed by atoms with Gasteiger partial charge in [-0.2, -0.15) is 13.2 Å². The highest BCUT2D eigenvalue weighted by molar-refractivity contribution is 7.92. The van der Waals surface area contributed by atoms with Crippen LogP contribution in [0, 0.1) is 6.92 Å². The lowest BCUT2D eigenvalue weighted by Crippen LogP contribution is -2.53. The van der Waals surface area contributed by atoms with Crippen molar-refractivity contribution in [3.05, 3.63) is 100 Å². The van der Waals surface area contributed by atoms with Crippen LogP contribution in [0.3, 0.4) is 0 Å².